The molecule has 0 spiro atoms. The van der Waals surface area contributed by atoms with Gasteiger partial charge >= 0.3 is 0 Å². The Kier molecular flexibility index (Phi) is 1.61. The van der Waals surface area contributed by atoms with Crippen LogP contribution in [0.5, 0.6) is 0 Å². The van der Waals surface area contributed by atoms with Gasteiger partial charge in [-0.25, -0.2) is 15.3 Å². The molecule has 0 N–H and O–H groups in total. The predicted octanol–water partition coefficient (Wildman–Crippen LogP) is 2.47. The third-order valence-electron chi connectivity index (χ3n) is 1.96. The Hall–Kier alpha value is -1.68. The van der Waals surface area contributed by atoms with Crippen LogP contribution in [0.3, 0.4) is 0 Å². The van der Waals surface area contributed by atoms with Gasteiger partial charge in [-0.2, -0.15) is 0 Å². The summed E-state index contributed by atoms with van der Waals surface area (Å²) in [7, 11) is 0. The fourth-order valence-corrected chi connectivity index (χ4v) is 1.90. The molecule has 2 aromatic rings. The number of aliphatic imine (C=N–C) groups is 1. The molecule has 0 fully saturated rings. The standard InChI is InChI=1S/C10H6N3S/c1-2-4-8-7(3-1)12-9(13-8)10-11-5-6-14-10/h1-6H. The highest BCUT2D eigenvalue weighted by Gasteiger charge is 2.17. The van der Waals surface area contributed by atoms with Crippen LogP contribution < -0.4 is 5.32 Å². The first-order chi connectivity index (χ1) is 6.93. The maximum Gasteiger partial charge on any atom is 0.189 e. The summed E-state index contributed by atoms with van der Waals surface area (Å²) in [6.45, 7) is 0. The molecule has 0 amide bonds. The van der Waals surface area contributed by atoms with Crippen LogP contribution in [0.2, 0.25) is 0 Å². The highest BCUT2D eigenvalue weighted by Crippen LogP contribution is 2.31. The molecular weight excluding hydrogens is 194 g/mol. The smallest absolute Gasteiger partial charge is 0.189 e. The molecule has 3 rings (SSSR count). The van der Waals surface area contributed by atoms with Gasteiger partial charge in [-0.15, -0.1) is 11.3 Å². The summed E-state index contributed by atoms with van der Waals surface area (Å²) < 4.78 is 0. The second kappa shape index (κ2) is 2.92. The summed E-state index contributed by atoms with van der Waals surface area (Å²) >= 11 is 1.56. The number of fused-ring (bicyclic) bond motifs is 1. The van der Waals surface area contributed by atoms with E-state index in [0.29, 0.717) is 0 Å². The second-order valence-electron chi connectivity index (χ2n) is 2.87. The molecular formula is C10H6N3S. The highest BCUT2D eigenvalue weighted by atomic mass is 32.1. The molecule has 1 aliphatic rings. The topological polar surface area (TPSA) is 39.4 Å². The molecule has 1 aromatic carbocycles. The number of aromatic nitrogens is 1. The van der Waals surface area contributed by atoms with Crippen LogP contribution >= 0.6 is 11.3 Å². The third-order valence-corrected chi connectivity index (χ3v) is 2.73. The monoisotopic (exact) mass is 200 g/mol. The van der Waals surface area contributed by atoms with Crippen molar-refractivity contribution in [1.82, 2.24) is 10.3 Å². The van der Waals surface area contributed by atoms with Crippen LogP contribution in [0.15, 0.2) is 40.8 Å². The Morgan fingerprint density at radius 3 is 2.64 bits per heavy atom. The SMILES string of the molecule is c1ccc2c(c1)[N]C(c1nccs1)=N2. The van der Waals surface area contributed by atoms with E-state index in [0.717, 1.165) is 22.2 Å². The van der Waals surface area contributed by atoms with E-state index in [-0.39, 0.29) is 0 Å². The summed E-state index contributed by atoms with van der Waals surface area (Å²) in [5.74, 6) is 0.723. The van der Waals surface area contributed by atoms with E-state index < -0.39 is 0 Å². The first-order valence-electron chi connectivity index (χ1n) is 4.23. The molecule has 0 bridgehead atoms. The number of thiazole rings is 1. The van der Waals surface area contributed by atoms with Crippen molar-refractivity contribution < 1.29 is 0 Å². The maximum atomic E-state index is 4.39. The molecule has 14 heavy (non-hydrogen) atoms. The highest BCUT2D eigenvalue weighted by molar-refractivity contribution is 7.11. The van der Waals surface area contributed by atoms with Crippen molar-refractivity contribution in [3.05, 3.63) is 40.8 Å². The van der Waals surface area contributed by atoms with Crippen LogP contribution in [-0.2, 0) is 0 Å². The number of hydrogen-bond acceptors (Lipinski definition) is 3. The van der Waals surface area contributed by atoms with Gasteiger partial charge < -0.3 is 0 Å². The van der Waals surface area contributed by atoms with Gasteiger partial charge in [0.1, 0.15) is 0 Å². The summed E-state index contributed by atoms with van der Waals surface area (Å²) in [6.07, 6.45) is 1.76. The van der Waals surface area contributed by atoms with Crippen molar-refractivity contribution in [2.45, 2.75) is 0 Å². The van der Waals surface area contributed by atoms with E-state index in [1.165, 1.54) is 0 Å². The van der Waals surface area contributed by atoms with Crippen LogP contribution in [0, 0.1) is 0 Å². The number of rotatable bonds is 1. The quantitative estimate of drug-likeness (QED) is 0.697. The summed E-state index contributed by atoms with van der Waals surface area (Å²) in [5.41, 5.74) is 1.86. The number of nitrogens with zero attached hydrogens (tertiary/aromatic N) is 3. The van der Waals surface area contributed by atoms with Crippen molar-refractivity contribution >= 4 is 28.5 Å². The minimum Gasteiger partial charge on any atom is -0.241 e. The summed E-state index contributed by atoms with van der Waals surface area (Å²) in [4.78, 5) is 8.57. The zero-order valence-corrected chi connectivity index (χ0v) is 8.03. The lowest BCUT2D eigenvalue weighted by atomic mass is 10.3. The zero-order chi connectivity index (χ0) is 9.38. The Morgan fingerprint density at radius 1 is 1.07 bits per heavy atom. The lowest BCUT2D eigenvalue weighted by Crippen LogP contribution is -2.06. The van der Waals surface area contributed by atoms with Crippen molar-refractivity contribution in [2.75, 3.05) is 0 Å². The molecule has 1 radical (unpaired) electrons. The lowest BCUT2D eigenvalue weighted by Gasteiger charge is -1.93. The Labute approximate surface area is 85.2 Å². The number of benzene rings is 1. The fraction of sp³-hybridized carbons (Fsp3) is 0. The van der Waals surface area contributed by atoms with Gasteiger partial charge in [-0.1, -0.05) is 12.1 Å². The van der Waals surface area contributed by atoms with Crippen LogP contribution in [0.4, 0.5) is 11.4 Å². The first-order valence-corrected chi connectivity index (χ1v) is 5.11. The van der Waals surface area contributed by atoms with Crippen molar-refractivity contribution in [2.24, 2.45) is 4.99 Å². The van der Waals surface area contributed by atoms with Crippen LogP contribution in [0.1, 0.15) is 5.01 Å². The Morgan fingerprint density at radius 2 is 1.93 bits per heavy atom. The first kappa shape index (κ1) is 7.70. The number of amidine groups is 1. The fourth-order valence-electron chi connectivity index (χ4n) is 1.34. The molecule has 1 aromatic heterocycles. The van der Waals surface area contributed by atoms with Gasteiger partial charge in [-0.05, 0) is 12.1 Å². The van der Waals surface area contributed by atoms with Gasteiger partial charge in [-0.3, -0.25) is 0 Å². The molecule has 67 valence electrons. The molecule has 1 aliphatic heterocycles. The van der Waals surface area contributed by atoms with E-state index in [4.69, 9.17) is 0 Å². The van der Waals surface area contributed by atoms with E-state index in [9.17, 15) is 0 Å². The summed E-state index contributed by atoms with van der Waals surface area (Å²) in [6, 6.07) is 7.84. The number of para-hydroxylation sites is 2. The molecule has 2 heterocycles. The van der Waals surface area contributed by atoms with E-state index in [2.05, 4.69) is 15.3 Å². The van der Waals surface area contributed by atoms with Crippen molar-refractivity contribution in [3.63, 3.8) is 0 Å². The van der Waals surface area contributed by atoms with Gasteiger partial charge in [0.05, 0.1) is 11.4 Å². The average molecular weight is 200 g/mol. The van der Waals surface area contributed by atoms with Gasteiger partial charge in [0.15, 0.2) is 10.8 Å². The molecule has 3 nitrogen and oxygen atoms in total. The van der Waals surface area contributed by atoms with Gasteiger partial charge in [0, 0.05) is 11.6 Å². The Bertz CT molecular complexity index is 488. The van der Waals surface area contributed by atoms with Crippen LogP contribution in [0.25, 0.3) is 0 Å². The minimum absolute atomic E-state index is 0.723. The van der Waals surface area contributed by atoms with E-state index >= 15 is 0 Å². The van der Waals surface area contributed by atoms with Crippen LogP contribution in [-0.4, -0.2) is 10.8 Å². The molecule has 0 unspecified atom stereocenters. The van der Waals surface area contributed by atoms with Gasteiger partial charge in [0.2, 0.25) is 0 Å². The van der Waals surface area contributed by atoms with Crippen molar-refractivity contribution in [1.29, 1.82) is 0 Å². The molecule has 0 saturated heterocycles. The maximum absolute atomic E-state index is 4.39. The largest absolute Gasteiger partial charge is 0.241 e. The predicted molar refractivity (Wildman–Crippen MR) is 56.5 cm³/mol. The molecule has 0 aliphatic carbocycles. The number of hydrogen-bond donors (Lipinski definition) is 0. The molecule has 0 atom stereocenters. The van der Waals surface area contributed by atoms with E-state index in [1.54, 1.807) is 17.5 Å². The summed E-state index contributed by atoms with van der Waals surface area (Å²) in [5, 5.41) is 7.20. The van der Waals surface area contributed by atoms with Crippen molar-refractivity contribution in [3.8, 4) is 0 Å². The normalized spacial score (nSPS) is 13.3. The van der Waals surface area contributed by atoms with E-state index in [1.807, 2.05) is 29.6 Å². The second-order valence-corrected chi connectivity index (χ2v) is 3.77. The molecule has 0 saturated carbocycles. The molecule has 4 heteroatoms. The third kappa shape index (κ3) is 1.12. The zero-order valence-electron chi connectivity index (χ0n) is 7.21. The lowest BCUT2D eigenvalue weighted by molar-refractivity contribution is 1.27. The minimum atomic E-state index is 0.723. The average Bonchev–Trinajstić information content (AvgIpc) is 2.86. The Balaban J connectivity index is 2.04. The van der Waals surface area contributed by atoms with Gasteiger partial charge in [0.25, 0.3) is 0 Å².